The summed E-state index contributed by atoms with van der Waals surface area (Å²) < 4.78 is 27.5. The quantitative estimate of drug-likeness (QED) is 0.601. The summed E-state index contributed by atoms with van der Waals surface area (Å²) in [5.74, 6) is -0.502. The van der Waals surface area contributed by atoms with Crippen molar-refractivity contribution in [3.63, 3.8) is 0 Å². The number of halogens is 4. The van der Waals surface area contributed by atoms with Gasteiger partial charge in [0.2, 0.25) is 10.0 Å². The number of hydrogen-bond donors (Lipinski definition) is 2. The lowest BCUT2D eigenvalue weighted by Gasteiger charge is -2.12. The lowest BCUT2D eigenvalue weighted by Crippen LogP contribution is -2.28. The number of carbonyl (C=O) groups excluding carboxylic acids is 1. The van der Waals surface area contributed by atoms with Gasteiger partial charge < -0.3 is 5.32 Å². The van der Waals surface area contributed by atoms with Crippen molar-refractivity contribution in [2.45, 2.75) is 30.2 Å². The van der Waals surface area contributed by atoms with Gasteiger partial charge in [-0.15, -0.1) is 0 Å². The van der Waals surface area contributed by atoms with Crippen LogP contribution in [-0.2, 0) is 16.4 Å². The Hall–Kier alpha value is -1.02. The minimum absolute atomic E-state index is 0.0337. The van der Waals surface area contributed by atoms with Gasteiger partial charge in [0.1, 0.15) is 4.90 Å². The van der Waals surface area contributed by atoms with Crippen LogP contribution in [0.2, 0.25) is 20.1 Å². The number of nitrogens with one attached hydrogen (secondary N) is 2. The molecule has 0 unspecified atom stereocenters. The predicted molar refractivity (Wildman–Crippen MR) is 112 cm³/mol. The lowest BCUT2D eigenvalue weighted by atomic mass is 10.1. The number of carbonyl (C=O) groups is 1. The second kappa shape index (κ2) is 8.78. The molecule has 1 saturated carbocycles. The average molecular weight is 482 g/mol. The van der Waals surface area contributed by atoms with Crippen LogP contribution in [0, 0.1) is 0 Å². The Bertz CT molecular complexity index is 1000. The molecule has 1 fully saturated rings. The smallest absolute Gasteiger partial charge is 0.252 e. The normalized spacial score (nSPS) is 14.1. The third kappa shape index (κ3) is 5.53. The molecule has 1 aliphatic rings. The summed E-state index contributed by atoms with van der Waals surface area (Å²) in [7, 11) is -3.82. The molecule has 3 rings (SSSR count). The van der Waals surface area contributed by atoms with Crippen molar-refractivity contribution < 1.29 is 13.2 Å². The fourth-order valence-electron chi connectivity index (χ4n) is 2.56. The summed E-state index contributed by atoms with van der Waals surface area (Å²) in [6.07, 6.45) is 2.06. The number of hydrogen-bond acceptors (Lipinski definition) is 3. The Morgan fingerprint density at radius 1 is 0.964 bits per heavy atom. The average Bonchev–Trinajstić information content (AvgIpc) is 3.36. The first-order valence-corrected chi connectivity index (χ1v) is 11.4. The molecule has 1 amide bonds. The van der Waals surface area contributed by atoms with Gasteiger partial charge in [-0.3, -0.25) is 4.79 Å². The van der Waals surface area contributed by atoms with E-state index >= 15 is 0 Å². The van der Waals surface area contributed by atoms with E-state index in [9.17, 15) is 13.2 Å². The Morgan fingerprint density at radius 3 is 2.21 bits per heavy atom. The van der Waals surface area contributed by atoms with Crippen LogP contribution in [0.5, 0.6) is 0 Å². The highest BCUT2D eigenvalue weighted by molar-refractivity contribution is 7.89. The second-order valence-corrected chi connectivity index (χ2v) is 9.81. The molecule has 0 spiro atoms. The van der Waals surface area contributed by atoms with E-state index in [1.807, 2.05) is 0 Å². The summed E-state index contributed by atoms with van der Waals surface area (Å²) in [6, 6.07) is 7.50. The number of benzene rings is 2. The van der Waals surface area contributed by atoms with E-state index in [0.717, 1.165) is 18.4 Å². The molecule has 0 bridgehead atoms. The van der Waals surface area contributed by atoms with Gasteiger partial charge >= 0.3 is 0 Å². The molecule has 2 aromatic carbocycles. The van der Waals surface area contributed by atoms with E-state index < -0.39 is 15.9 Å². The van der Waals surface area contributed by atoms with Crippen LogP contribution in [0.1, 0.15) is 28.8 Å². The van der Waals surface area contributed by atoms with E-state index in [2.05, 4.69) is 10.0 Å². The third-order valence-corrected chi connectivity index (χ3v) is 6.81. The number of amides is 1. The second-order valence-electron chi connectivity index (χ2n) is 6.44. The van der Waals surface area contributed by atoms with E-state index in [1.165, 1.54) is 12.1 Å². The minimum atomic E-state index is -3.82. The Balaban J connectivity index is 1.73. The van der Waals surface area contributed by atoms with Crippen molar-refractivity contribution in [3.8, 4) is 0 Å². The molecule has 10 heteroatoms. The fraction of sp³-hybridized carbons (Fsp3) is 0.278. The third-order valence-electron chi connectivity index (χ3n) is 4.08. The molecule has 2 aromatic rings. The lowest BCUT2D eigenvalue weighted by molar-refractivity contribution is 0.0954. The van der Waals surface area contributed by atoms with Gasteiger partial charge in [-0.1, -0.05) is 46.4 Å². The fourth-order valence-corrected chi connectivity index (χ4v) is 5.30. The van der Waals surface area contributed by atoms with Gasteiger partial charge in [0.25, 0.3) is 5.91 Å². The number of rotatable bonds is 7. The monoisotopic (exact) mass is 480 g/mol. The molecule has 0 radical (unpaired) electrons. The SMILES string of the molecule is O=C(NCCc1cc(Cl)cc(Cl)c1)c1cc(S(=O)(=O)NC2CC2)c(Cl)cc1Cl. The predicted octanol–water partition coefficient (Wildman–Crippen LogP) is 4.71. The molecular formula is C18H16Cl4N2O3S. The van der Waals surface area contributed by atoms with Crippen molar-refractivity contribution in [2.75, 3.05) is 6.54 Å². The summed E-state index contributed by atoms with van der Waals surface area (Å²) in [4.78, 5) is 12.3. The Kier molecular flexibility index (Phi) is 6.80. The van der Waals surface area contributed by atoms with Crippen LogP contribution in [0.15, 0.2) is 35.2 Å². The van der Waals surface area contributed by atoms with Crippen LogP contribution in [-0.4, -0.2) is 26.9 Å². The van der Waals surface area contributed by atoms with Crippen LogP contribution < -0.4 is 10.0 Å². The van der Waals surface area contributed by atoms with E-state index in [0.29, 0.717) is 16.5 Å². The molecule has 1 aliphatic carbocycles. The minimum Gasteiger partial charge on any atom is -0.352 e. The Morgan fingerprint density at radius 2 is 1.61 bits per heavy atom. The highest BCUT2D eigenvalue weighted by Gasteiger charge is 2.30. The van der Waals surface area contributed by atoms with Crippen molar-refractivity contribution in [3.05, 3.63) is 61.5 Å². The van der Waals surface area contributed by atoms with E-state index in [4.69, 9.17) is 46.4 Å². The largest absolute Gasteiger partial charge is 0.352 e. The maximum atomic E-state index is 12.5. The zero-order valence-electron chi connectivity index (χ0n) is 14.4. The summed E-state index contributed by atoms with van der Waals surface area (Å²) in [5.41, 5.74) is 0.892. The topological polar surface area (TPSA) is 75.3 Å². The highest BCUT2D eigenvalue weighted by atomic mass is 35.5. The van der Waals surface area contributed by atoms with E-state index in [1.54, 1.807) is 18.2 Å². The zero-order chi connectivity index (χ0) is 20.5. The highest BCUT2D eigenvalue weighted by Crippen LogP contribution is 2.30. The first-order chi connectivity index (χ1) is 13.2. The van der Waals surface area contributed by atoms with Gasteiger partial charge in [-0.05, 0) is 55.2 Å². The zero-order valence-corrected chi connectivity index (χ0v) is 18.3. The van der Waals surface area contributed by atoms with Crippen LogP contribution >= 0.6 is 46.4 Å². The van der Waals surface area contributed by atoms with Crippen molar-refractivity contribution in [1.29, 1.82) is 0 Å². The van der Waals surface area contributed by atoms with Crippen molar-refractivity contribution >= 4 is 62.3 Å². The van der Waals surface area contributed by atoms with E-state index in [-0.39, 0.29) is 33.1 Å². The maximum Gasteiger partial charge on any atom is 0.252 e. The Labute approximate surface area is 183 Å². The number of sulfonamides is 1. The van der Waals surface area contributed by atoms with Crippen LogP contribution in [0.3, 0.4) is 0 Å². The standard InChI is InChI=1S/C18H16Cl4N2O3S/c19-11-5-10(6-12(20)7-11)3-4-23-18(25)14-8-17(16(22)9-15(14)21)28(26,27)24-13-1-2-13/h5-9,13,24H,1-4H2,(H,23,25). The molecule has 5 nitrogen and oxygen atoms in total. The summed E-state index contributed by atoms with van der Waals surface area (Å²) in [5, 5.41) is 3.75. The first-order valence-electron chi connectivity index (χ1n) is 8.40. The molecule has 2 N–H and O–H groups in total. The van der Waals surface area contributed by atoms with Crippen LogP contribution in [0.25, 0.3) is 0 Å². The molecule has 0 aliphatic heterocycles. The molecular weight excluding hydrogens is 466 g/mol. The first kappa shape index (κ1) is 21.7. The van der Waals surface area contributed by atoms with Gasteiger partial charge in [-0.25, -0.2) is 13.1 Å². The van der Waals surface area contributed by atoms with Gasteiger partial charge in [0.15, 0.2) is 0 Å². The van der Waals surface area contributed by atoms with Crippen molar-refractivity contribution in [2.24, 2.45) is 0 Å². The molecule has 0 heterocycles. The maximum absolute atomic E-state index is 12.5. The molecule has 0 aromatic heterocycles. The molecule has 150 valence electrons. The van der Waals surface area contributed by atoms with Gasteiger partial charge in [-0.2, -0.15) is 0 Å². The van der Waals surface area contributed by atoms with Crippen LogP contribution in [0.4, 0.5) is 0 Å². The molecule has 0 atom stereocenters. The van der Waals surface area contributed by atoms with Crippen molar-refractivity contribution in [1.82, 2.24) is 10.0 Å². The van der Waals surface area contributed by atoms with Gasteiger partial charge in [0.05, 0.1) is 15.6 Å². The molecule has 28 heavy (non-hydrogen) atoms. The summed E-state index contributed by atoms with van der Waals surface area (Å²) in [6.45, 7) is 0.289. The van der Waals surface area contributed by atoms with Gasteiger partial charge in [0, 0.05) is 22.6 Å². The summed E-state index contributed by atoms with van der Waals surface area (Å²) >= 11 is 24.1. The molecule has 0 saturated heterocycles.